The molecule has 0 radical (unpaired) electrons. The predicted molar refractivity (Wildman–Crippen MR) is 88.5 cm³/mol. The monoisotopic (exact) mass is 343 g/mol. The second kappa shape index (κ2) is 6.33. The first kappa shape index (κ1) is 15.8. The number of carbonyl (C=O) groups is 1. The van der Waals surface area contributed by atoms with E-state index in [2.05, 4.69) is 10.4 Å². The first-order chi connectivity index (χ1) is 12.1. The fourth-order valence-electron chi connectivity index (χ4n) is 3.38. The van der Waals surface area contributed by atoms with Gasteiger partial charge in [0.05, 0.1) is 17.5 Å². The fourth-order valence-corrected chi connectivity index (χ4v) is 3.38. The fraction of sp³-hybridized carbons (Fsp3) is 0.333. The Hall–Kier alpha value is -2.67. The molecule has 4 rings (SSSR count). The van der Waals surface area contributed by atoms with Gasteiger partial charge in [-0.05, 0) is 30.7 Å². The van der Waals surface area contributed by atoms with E-state index in [0.717, 1.165) is 12.1 Å². The molecule has 25 heavy (non-hydrogen) atoms. The minimum absolute atomic E-state index is 0.0880. The Labute approximate surface area is 143 Å². The summed E-state index contributed by atoms with van der Waals surface area (Å²) in [5.41, 5.74) is 1.50. The van der Waals surface area contributed by atoms with E-state index in [0.29, 0.717) is 24.1 Å². The van der Waals surface area contributed by atoms with Crippen molar-refractivity contribution in [2.24, 2.45) is 13.0 Å². The van der Waals surface area contributed by atoms with Gasteiger partial charge in [0.15, 0.2) is 11.4 Å². The Bertz CT molecular complexity index is 917. The maximum absolute atomic E-state index is 13.7. The molecular weight excluding hydrogens is 325 g/mol. The van der Waals surface area contributed by atoms with Crippen LogP contribution < -0.4 is 5.32 Å². The Balaban J connectivity index is 1.49. The zero-order valence-electron chi connectivity index (χ0n) is 13.7. The second-order valence-corrected chi connectivity index (χ2v) is 6.19. The van der Waals surface area contributed by atoms with Crippen molar-refractivity contribution in [3.8, 4) is 0 Å². The van der Waals surface area contributed by atoms with E-state index in [4.69, 9.17) is 9.15 Å². The van der Waals surface area contributed by atoms with Crippen molar-refractivity contribution >= 4 is 16.9 Å². The van der Waals surface area contributed by atoms with Crippen LogP contribution in [0.5, 0.6) is 0 Å². The van der Waals surface area contributed by atoms with E-state index >= 15 is 0 Å². The van der Waals surface area contributed by atoms with Crippen molar-refractivity contribution < 1.29 is 18.3 Å². The minimum atomic E-state index is -0.475. The molecule has 2 aromatic heterocycles. The molecule has 1 N–H and O–H groups in total. The molecule has 6 nitrogen and oxygen atoms in total. The molecule has 1 amide bonds. The van der Waals surface area contributed by atoms with E-state index in [-0.39, 0.29) is 23.5 Å². The van der Waals surface area contributed by atoms with Gasteiger partial charge in [0, 0.05) is 37.7 Å². The summed E-state index contributed by atoms with van der Waals surface area (Å²) < 4.78 is 26.4. The molecule has 7 heteroatoms. The number of hydrogen-bond donors (Lipinski definition) is 1. The lowest BCUT2D eigenvalue weighted by Crippen LogP contribution is -2.31. The van der Waals surface area contributed by atoms with Crippen LogP contribution in [0.3, 0.4) is 0 Å². The molecule has 1 aliphatic rings. The van der Waals surface area contributed by atoms with Crippen LogP contribution in [-0.2, 0) is 11.8 Å². The molecule has 0 aliphatic carbocycles. The third-order valence-corrected chi connectivity index (χ3v) is 4.70. The highest BCUT2D eigenvalue weighted by Gasteiger charge is 2.32. The van der Waals surface area contributed by atoms with Gasteiger partial charge in [-0.1, -0.05) is 0 Å². The van der Waals surface area contributed by atoms with Crippen LogP contribution in [0.2, 0.25) is 0 Å². The zero-order chi connectivity index (χ0) is 17.4. The summed E-state index contributed by atoms with van der Waals surface area (Å²) >= 11 is 0. The number of aromatic nitrogens is 2. The molecule has 0 saturated carbocycles. The quantitative estimate of drug-likeness (QED) is 0.791. The van der Waals surface area contributed by atoms with Crippen molar-refractivity contribution in [3.05, 3.63) is 53.8 Å². The average Bonchev–Trinajstić information content (AvgIpc) is 3.33. The van der Waals surface area contributed by atoms with Crippen molar-refractivity contribution in [3.63, 3.8) is 0 Å². The summed E-state index contributed by atoms with van der Waals surface area (Å²) in [5.74, 6) is -0.557. The molecule has 0 spiro atoms. The third kappa shape index (κ3) is 2.80. The predicted octanol–water partition coefficient (Wildman–Crippen LogP) is 2.81. The number of ether oxygens (including phenoxy) is 1. The van der Waals surface area contributed by atoms with Crippen LogP contribution in [0.1, 0.15) is 28.6 Å². The van der Waals surface area contributed by atoms with Crippen molar-refractivity contribution in [2.75, 3.05) is 13.2 Å². The standard InChI is InChI=1S/C18H18FN3O3/c1-22-15(4-7-21-22)16-11(5-8-24-16)10-20-18(23)13-2-3-14(19)17-12(13)6-9-25-17/h2-4,6-7,9,11,16H,5,8,10H2,1H3,(H,20,23)/t11-,16+/m0/s1. The summed E-state index contributed by atoms with van der Waals surface area (Å²) in [5, 5.41) is 7.59. The van der Waals surface area contributed by atoms with Crippen LogP contribution >= 0.6 is 0 Å². The summed E-state index contributed by atoms with van der Waals surface area (Å²) in [6.07, 6.45) is 3.89. The highest BCUT2D eigenvalue weighted by molar-refractivity contribution is 6.06. The number of nitrogens with one attached hydrogen (secondary N) is 1. The topological polar surface area (TPSA) is 69.3 Å². The highest BCUT2D eigenvalue weighted by Crippen LogP contribution is 2.33. The number of aryl methyl sites for hydroxylation is 1. The van der Waals surface area contributed by atoms with Crippen LogP contribution in [0.25, 0.3) is 11.0 Å². The van der Waals surface area contributed by atoms with Gasteiger partial charge >= 0.3 is 0 Å². The van der Waals surface area contributed by atoms with Gasteiger partial charge in [-0.2, -0.15) is 5.10 Å². The van der Waals surface area contributed by atoms with Gasteiger partial charge in [-0.25, -0.2) is 4.39 Å². The number of benzene rings is 1. The van der Waals surface area contributed by atoms with Gasteiger partial charge in [-0.3, -0.25) is 9.48 Å². The van der Waals surface area contributed by atoms with Crippen LogP contribution in [0.15, 0.2) is 41.1 Å². The first-order valence-corrected chi connectivity index (χ1v) is 8.18. The maximum Gasteiger partial charge on any atom is 0.252 e. The molecule has 1 fully saturated rings. The van der Waals surface area contributed by atoms with E-state index in [1.54, 1.807) is 16.9 Å². The van der Waals surface area contributed by atoms with Crippen LogP contribution in [-0.4, -0.2) is 28.8 Å². The lowest BCUT2D eigenvalue weighted by atomic mass is 9.98. The summed E-state index contributed by atoms with van der Waals surface area (Å²) in [4.78, 5) is 12.6. The number of rotatable bonds is 4. The number of fused-ring (bicyclic) bond motifs is 1. The van der Waals surface area contributed by atoms with E-state index in [9.17, 15) is 9.18 Å². The van der Waals surface area contributed by atoms with Crippen molar-refractivity contribution in [2.45, 2.75) is 12.5 Å². The Kier molecular flexibility index (Phi) is 4.01. The first-order valence-electron chi connectivity index (χ1n) is 8.18. The van der Waals surface area contributed by atoms with E-state index in [1.165, 1.54) is 18.4 Å². The largest absolute Gasteiger partial charge is 0.461 e. The maximum atomic E-state index is 13.7. The van der Waals surface area contributed by atoms with Gasteiger partial charge in [0.1, 0.15) is 6.10 Å². The average molecular weight is 343 g/mol. The van der Waals surface area contributed by atoms with Crippen LogP contribution in [0, 0.1) is 11.7 Å². The van der Waals surface area contributed by atoms with Gasteiger partial charge in [0.2, 0.25) is 0 Å². The lowest BCUT2D eigenvalue weighted by molar-refractivity contribution is 0.0801. The molecule has 2 atom stereocenters. The van der Waals surface area contributed by atoms with E-state index < -0.39 is 5.82 Å². The van der Waals surface area contributed by atoms with Gasteiger partial charge in [0.25, 0.3) is 5.91 Å². The molecule has 0 unspecified atom stereocenters. The SMILES string of the molecule is Cn1nccc1[C@@H]1OCC[C@H]1CNC(=O)c1ccc(F)c2occc12. The number of furan rings is 1. The van der Waals surface area contributed by atoms with Crippen molar-refractivity contribution in [1.82, 2.24) is 15.1 Å². The number of hydrogen-bond acceptors (Lipinski definition) is 4. The Morgan fingerprint density at radius 2 is 2.28 bits per heavy atom. The molecule has 130 valence electrons. The normalized spacial score (nSPS) is 20.2. The highest BCUT2D eigenvalue weighted by atomic mass is 19.1. The number of halogens is 1. The zero-order valence-corrected chi connectivity index (χ0v) is 13.7. The number of amides is 1. The molecule has 1 saturated heterocycles. The molecule has 1 aromatic carbocycles. The molecule has 3 aromatic rings. The van der Waals surface area contributed by atoms with E-state index in [1.807, 2.05) is 13.1 Å². The second-order valence-electron chi connectivity index (χ2n) is 6.19. The van der Waals surface area contributed by atoms with Crippen molar-refractivity contribution in [1.29, 1.82) is 0 Å². The molecule has 1 aliphatic heterocycles. The smallest absolute Gasteiger partial charge is 0.252 e. The third-order valence-electron chi connectivity index (χ3n) is 4.70. The Morgan fingerprint density at radius 3 is 3.08 bits per heavy atom. The lowest BCUT2D eigenvalue weighted by Gasteiger charge is -2.19. The minimum Gasteiger partial charge on any atom is -0.461 e. The number of carbonyl (C=O) groups excluding carboxylic acids is 1. The van der Waals surface area contributed by atoms with Crippen LogP contribution in [0.4, 0.5) is 4.39 Å². The summed E-state index contributed by atoms with van der Waals surface area (Å²) in [6, 6.07) is 6.26. The van der Waals surface area contributed by atoms with Gasteiger partial charge in [-0.15, -0.1) is 0 Å². The molecule has 3 heterocycles. The van der Waals surface area contributed by atoms with Gasteiger partial charge < -0.3 is 14.5 Å². The number of nitrogens with zero attached hydrogens (tertiary/aromatic N) is 2. The summed E-state index contributed by atoms with van der Waals surface area (Å²) in [7, 11) is 1.88. The summed E-state index contributed by atoms with van der Waals surface area (Å²) in [6.45, 7) is 1.13. The molecule has 0 bridgehead atoms. The molecular formula is C18H18FN3O3. The Morgan fingerprint density at radius 1 is 1.40 bits per heavy atom.